The van der Waals surface area contributed by atoms with Crippen LogP contribution >= 0.6 is 11.3 Å². The zero-order chi connectivity index (χ0) is 20.9. The summed E-state index contributed by atoms with van der Waals surface area (Å²) in [4.78, 5) is 43.9. The number of fused-ring (bicyclic) bond motifs is 1. The van der Waals surface area contributed by atoms with Gasteiger partial charge in [-0.2, -0.15) is 5.48 Å². The average Bonchev–Trinajstić information content (AvgIpc) is 3.16. The molecule has 2 amide bonds. The minimum Gasteiger partial charge on any atom is -0.335 e. The van der Waals surface area contributed by atoms with E-state index in [2.05, 4.69) is 10.8 Å². The van der Waals surface area contributed by atoms with E-state index in [-0.39, 0.29) is 5.91 Å². The number of carbonyl (C=O) groups is 3. The molecule has 0 radical (unpaired) electrons. The van der Waals surface area contributed by atoms with Crippen LogP contribution in [0, 0.1) is 0 Å². The summed E-state index contributed by atoms with van der Waals surface area (Å²) >= 11 is 1.40. The summed E-state index contributed by atoms with van der Waals surface area (Å²) in [5.41, 5.74) is 4.32. The smallest absolute Gasteiger partial charge is 0.335 e. The maximum Gasteiger partial charge on any atom is 0.366 e. The predicted molar refractivity (Wildman–Crippen MR) is 115 cm³/mol. The number of nitrogens with one attached hydrogen (secondary N) is 2. The van der Waals surface area contributed by atoms with E-state index in [9.17, 15) is 14.4 Å². The monoisotopic (exact) mass is 420 g/mol. The Kier molecular flexibility index (Phi) is 5.90. The first-order valence-corrected chi connectivity index (χ1v) is 10.5. The molecule has 2 N–H and O–H groups in total. The molecular formula is C23H20N2O4S. The Bertz CT molecular complexity index is 1080. The minimum atomic E-state index is -0.679. The molecule has 0 saturated carbocycles. The van der Waals surface area contributed by atoms with E-state index >= 15 is 0 Å². The van der Waals surface area contributed by atoms with E-state index in [4.69, 9.17) is 4.84 Å². The number of carbonyl (C=O) groups excluding carboxylic acids is 3. The molecule has 2 aromatic carbocycles. The zero-order valence-corrected chi connectivity index (χ0v) is 17.0. The summed E-state index contributed by atoms with van der Waals surface area (Å²) in [6.07, 6.45) is 3.60. The summed E-state index contributed by atoms with van der Waals surface area (Å²) in [6, 6.07) is 17.3. The third kappa shape index (κ3) is 4.26. The van der Waals surface area contributed by atoms with Gasteiger partial charge in [-0.3, -0.25) is 9.59 Å². The first-order valence-electron chi connectivity index (χ1n) is 9.71. The van der Waals surface area contributed by atoms with Crippen molar-refractivity contribution in [3.8, 4) is 0 Å². The Balaban J connectivity index is 1.55. The van der Waals surface area contributed by atoms with Crippen LogP contribution in [0.2, 0.25) is 0 Å². The first kappa shape index (κ1) is 19.8. The molecule has 1 aliphatic rings. The molecule has 0 atom stereocenters. The maximum absolute atomic E-state index is 12.9. The first-order chi connectivity index (χ1) is 14.6. The van der Waals surface area contributed by atoms with Crippen molar-refractivity contribution in [2.24, 2.45) is 0 Å². The maximum atomic E-state index is 12.9. The Morgan fingerprint density at radius 2 is 1.40 bits per heavy atom. The molecule has 0 fully saturated rings. The van der Waals surface area contributed by atoms with E-state index < -0.39 is 11.9 Å². The molecular weight excluding hydrogens is 400 g/mol. The average molecular weight is 420 g/mol. The molecule has 30 heavy (non-hydrogen) atoms. The van der Waals surface area contributed by atoms with Crippen molar-refractivity contribution in [1.82, 2.24) is 5.48 Å². The molecule has 4 rings (SSSR count). The van der Waals surface area contributed by atoms with Gasteiger partial charge in [0.25, 0.3) is 11.8 Å². The molecule has 152 valence electrons. The number of hydrogen-bond acceptors (Lipinski definition) is 5. The van der Waals surface area contributed by atoms with Gasteiger partial charge >= 0.3 is 5.97 Å². The number of hydroxylamine groups is 1. The van der Waals surface area contributed by atoms with Crippen LogP contribution in [0.25, 0.3) is 0 Å². The van der Waals surface area contributed by atoms with Crippen molar-refractivity contribution in [3.63, 3.8) is 0 Å². The van der Waals surface area contributed by atoms with Crippen LogP contribution in [0.3, 0.4) is 0 Å². The predicted octanol–water partition coefficient (Wildman–Crippen LogP) is 4.38. The quantitative estimate of drug-likeness (QED) is 0.614. The number of hydrogen-bond donors (Lipinski definition) is 2. The van der Waals surface area contributed by atoms with Crippen LogP contribution in [-0.2, 0) is 17.7 Å². The molecule has 0 spiro atoms. The summed E-state index contributed by atoms with van der Waals surface area (Å²) in [5, 5.41) is 3.30. The highest BCUT2D eigenvalue weighted by atomic mass is 32.1. The Morgan fingerprint density at radius 1 is 0.800 bits per heavy atom. The minimum absolute atomic E-state index is 0.295. The molecule has 0 unspecified atom stereocenters. The van der Waals surface area contributed by atoms with Gasteiger partial charge in [0.1, 0.15) is 10.6 Å². The lowest BCUT2D eigenvalue weighted by Gasteiger charge is -2.13. The highest BCUT2D eigenvalue weighted by molar-refractivity contribution is 7.17. The number of amides is 2. The van der Waals surface area contributed by atoms with Crippen molar-refractivity contribution in [2.45, 2.75) is 25.7 Å². The van der Waals surface area contributed by atoms with Crippen LogP contribution in [-0.4, -0.2) is 17.8 Å². The van der Waals surface area contributed by atoms with Crippen LogP contribution in [0.1, 0.15) is 54.4 Å². The van der Waals surface area contributed by atoms with Crippen LogP contribution in [0.15, 0.2) is 60.7 Å². The molecule has 1 aliphatic carbocycles. The topological polar surface area (TPSA) is 84.5 Å². The van der Waals surface area contributed by atoms with Gasteiger partial charge in [-0.1, -0.05) is 36.4 Å². The van der Waals surface area contributed by atoms with Crippen LogP contribution in [0.5, 0.6) is 0 Å². The van der Waals surface area contributed by atoms with E-state index in [0.29, 0.717) is 21.7 Å². The second-order valence-corrected chi connectivity index (χ2v) is 8.03. The standard InChI is InChI=1S/C23H20N2O4S/c26-20(15-9-3-1-4-10-15)24-22-19(17-13-7-8-14-18(17)30-22)23(28)29-25-21(27)16-11-5-2-6-12-16/h1-6,9-12H,7-8,13-14H2,(H,24,26)(H,25,27). The molecule has 7 heteroatoms. The summed E-state index contributed by atoms with van der Waals surface area (Å²) in [7, 11) is 0. The fourth-order valence-corrected chi connectivity index (χ4v) is 4.70. The summed E-state index contributed by atoms with van der Waals surface area (Å²) in [6.45, 7) is 0. The Labute approximate surface area is 177 Å². The van der Waals surface area contributed by atoms with Gasteiger partial charge < -0.3 is 10.2 Å². The third-order valence-electron chi connectivity index (χ3n) is 4.91. The lowest BCUT2D eigenvalue weighted by Crippen LogP contribution is -2.28. The second-order valence-electron chi connectivity index (χ2n) is 6.92. The Hall–Kier alpha value is -3.45. The van der Waals surface area contributed by atoms with Gasteiger partial charge in [-0.15, -0.1) is 11.3 Å². The van der Waals surface area contributed by atoms with Crippen LogP contribution < -0.4 is 10.8 Å². The SMILES string of the molecule is O=C(NOC(=O)c1c(NC(=O)c2ccccc2)sc2c1CCCC2)c1ccccc1. The number of anilines is 1. The van der Waals surface area contributed by atoms with Crippen molar-refractivity contribution in [3.05, 3.63) is 87.8 Å². The van der Waals surface area contributed by atoms with Gasteiger partial charge in [-0.05, 0) is 55.5 Å². The van der Waals surface area contributed by atoms with Crippen molar-refractivity contribution in [2.75, 3.05) is 5.32 Å². The second kappa shape index (κ2) is 8.92. The number of benzene rings is 2. The van der Waals surface area contributed by atoms with Crippen molar-refractivity contribution < 1.29 is 19.2 Å². The molecule has 1 heterocycles. The van der Waals surface area contributed by atoms with Crippen LogP contribution in [0.4, 0.5) is 5.00 Å². The molecule has 0 bridgehead atoms. The van der Waals surface area contributed by atoms with E-state index in [1.807, 2.05) is 6.07 Å². The van der Waals surface area contributed by atoms with Gasteiger partial charge in [0.15, 0.2) is 0 Å². The number of thiophene rings is 1. The van der Waals surface area contributed by atoms with Crippen molar-refractivity contribution >= 4 is 34.1 Å². The normalized spacial score (nSPS) is 12.5. The van der Waals surface area contributed by atoms with E-state index in [0.717, 1.165) is 36.1 Å². The largest absolute Gasteiger partial charge is 0.366 e. The van der Waals surface area contributed by atoms with E-state index in [1.165, 1.54) is 11.3 Å². The summed E-state index contributed by atoms with van der Waals surface area (Å²) in [5.74, 6) is -1.48. The van der Waals surface area contributed by atoms with Gasteiger partial charge in [0.05, 0.1) is 0 Å². The van der Waals surface area contributed by atoms with Gasteiger partial charge in [0, 0.05) is 16.0 Å². The fraction of sp³-hybridized carbons (Fsp3) is 0.174. The number of aryl methyl sites for hydroxylation is 1. The van der Waals surface area contributed by atoms with Crippen molar-refractivity contribution in [1.29, 1.82) is 0 Å². The molecule has 6 nitrogen and oxygen atoms in total. The van der Waals surface area contributed by atoms with Gasteiger partial charge in [0.2, 0.25) is 0 Å². The number of rotatable bonds is 4. The lowest BCUT2D eigenvalue weighted by atomic mass is 9.95. The molecule has 0 aliphatic heterocycles. The third-order valence-corrected chi connectivity index (χ3v) is 6.12. The highest BCUT2D eigenvalue weighted by Crippen LogP contribution is 2.38. The van der Waals surface area contributed by atoms with Gasteiger partial charge in [-0.25, -0.2) is 4.79 Å². The molecule has 0 saturated heterocycles. The summed E-state index contributed by atoms with van der Waals surface area (Å²) < 4.78 is 0. The molecule has 1 aromatic heterocycles. The Morgan fingerprint density at radius 3 is 2.07 bits per heavy atom. The van der Waals surface area contributed by atoms with E-state index in [1.54, 1.807) is 54.6 Å². The zero-order valence-electron chi connectivity index (χ0n) is 16.1. The highest BCUT2D eigenvalue weighted by Gasteiger charge is 2.28. The fourth-order valence-electron chi connectivity index (χ4n) is 3.43. The molecule has 3 aromatic rings. The lowest BCUT2D eigenvalue weighted by molar-refractivity contribution is 0.0230.